The minimum absolute atomic E-state index is 0.0579. The van der Waals surface area contributed by atoms with Gasteiger partial charge in [0.15, 0.2) is 0 Å². The Balaban J connectivity index is 2.51. The summed E-state index contributed by atoms with van der Waals surface area (Å²) in [6.45, 7) is 4.45. The van der Waals surface area contributed by atoms with E-state index in [2.05, 4.69) is 11.9 Å². The SMILES string of the molecule is C=C[C@H]1CCCCNC1=O. The molecule has 0 saturated carbocycles. The van der Waals surface area contributed by atoms with Crippen molar-refractivity contribution < 1.29 is 4.79 Å². The molecule has 1 aliphatic heterocycles. The van der Waals surface area contributed by atoms with E-state index in [4.69, 9.17) is 0 Å². The number of amides is 1. The summed E-state index contributed by atoms with van der Waals surface area (Å²) in [5, 5.41) is 2.84. The first-order valence-electron chi connectivity index (χ1n) is 3.75. The van der Waals surface area contributed by atoms with Crippen LogP contribution in [0, 0.1) is 5.92 Å². The number of carbonyl (C=O) groups excluding carboxylic acids is 1. The van der Waals surface area contributed by atoms with E-state index in [1.807, 2.05) is 0 Å². The Morgan fingerprint density at radius 1 is 1.60 bits per heavy atom. The molecule has 1 rings (SSSR count). The fourth-order valence-electron chi connectivity index (χ4n) is 1.19. The van der Waals surface area contributed by atoms with Crippen molar-refractivity contribution in [2.75, 3.05) is 6.54 Å². The number of nitrogens with one attached hydrogen (secondary N) is 1. The molecule has 1 N–H and O–H groups in total. The molecule has 0 spiro atoms. The third-order valence-corrected chi connectivity index (χ3v) is 1.86. The first-order chi connectivity index (χ1) is 4.84. The van der Waals surface area contributed by atoms with Crippen molar-refractivity contribution >= 4 is 5.91 Å². The number of carbonyl (C=O) groups is 1. The van der Waals surface area contributed by atoms with E-state index in [0.29, 0.717) is 0 Å². The Hall–Kier alpha value is -0.790. The van der Waals surface area contributed by atoms with Gasteiger partial charge in [0, 0.05) is 6.54 Å². The van der Waals surface area contributed by atoms with E-state index in [-0.39, 0.29) is 11.8 Å². The monoisotopic (exact) mass is 139 g/mol. The van der Waals surface area contributed by atoms with Crippen molar-refractivity contribution in [1.29, 1.82) is 0 Å². The molecule has 10 heavy (non-hydrogen) atoms. The zero-order chi connectivity index (χ0) is 7.40. The second-order valence-corrected chi connectivity index (χ2v) is 2.63. The summed E-state index contributed by atoms with van der Waals surface area (Å²) >= 11 is 0. The van der Waals surface area contributed by atoms with Crippen molar-refractivity contribution in [1.82, 2.24) is 5.32 Å². The third kappa shape index (κ3) is 1.59. The average Bonchev–Trinajstić information content (AvgIpc) is 2.13. The maximum absolute atomic E-state index is 11.1. The smallest absolute Gasteiger partial charge is 0.226 e. The van der Waals surface area contributed by atoms with Crippen LogP contribution < -0.4 is 5.32 Å². The zero-order valence-corrected chi connectivity index (χ0v) is 6.10. The number of rotatable bonds is 1. The Kier molecular flexibility index (Phi) is 2.49. The molecule has 0 aromatic heterocycles. The van der Waals surface area contributed by atoms with E-state index in [1.165, 1.54) is 0 Å². The highest BCUT2D eigenvalue weighted by molar-refractivity contribution is 5.80. The molecule has 1 aliphatic rings. The summed E-state index contributed by atoms with van der Waals surface area (Å²) in [7, 11) is 0. The van der Waals surface area contributed by atoms with Crippen LogP contribution in [-0.4, -0.2) is 12.5 Å². The van der Waals surface area contributed by atoms with Gasteiger partial charge in [-0.15, -0.1) is 6.58 Å². The highest BCUT2D eigenvalue weighted by atomic mass is 16.1. The van der Waals surface area contributed by atoms with Crippen molar-refractivity contribution in [3.05, 3.63) is 12.7 Å². The van der Waals surface area contributed by atoms with Crippen LogP contribution in [0.25, 0.3) is 0 Å². The molecule has 1 saturated heterocycles. The van der Waals surface area contributed by atoms with E-state index in [0.717, 1.165) is 25.8 Å². The minimum Gasteiger partial charge on any atom is -0.356 e. The summed E-state index contributed by atoms with van der Waals surface area (Å²) < 4.78 is 0. The fraction of sp³-hybridized carbons (Fsp3) is 0.625. The molecule has 2 heteroatoms. The van der Waals surface area contributed by atoms with Gasteiger partial charge in [-0.2, -0.15) is 0 Å². The Morgan fingerprint density at radius 3 is 3.10 bits per heavy atom. The minimum atomic E-state index is 0.0579. The van der Waals surface area contributed by atoms with Gasteiger partial charge in [0.25, 0.3) is 0 Å². The Bertz CT molecular complexity index is 142. The topological polar surface area (TPSA) is 29.1 Å². The van der Waals surface area contributed by atoms with Gasteiger partial charge in [0.05, 0.1) is 5.92 Å². The van der Waals surface area contributed by atoms with Crippen LogP contribution in [0.2, 0.25) is 0 Å². The van der Waals surface area contributed by atoms with Gasteiger partial charge in [-0.1, -0.05) is 12.5 Å². The lowest BCUT2D eigenvalue weighted by Gasteiger charge is -2.05. The molecule has 2 nitrogen and oxygen atoms in total. The molecular weight excluding hydrogens is 126 g/mol. The lowest BCUT2D eigenvalue weighted by molar-refractivity contribution is -0.123. The second-order valence-electron chi connectivity index (χ2n) is 2.63. The lowest BCUT2D eigenvalue weighted by atomic mass is 10.0. The van der Waals surface area contributed by atoms with Gasteiger partial charge < -0.3 is 5.32 Å². The van der Waals surface area contributed by atoms with Crippen molar-refractivity contribution in [3.8, 4) is 0 Å². The van der Waals surface area contributed by atoms with E-state index in [9.17, 15) is 4.79 Å². The van der Waals surface area contributed by atoms with Gasteiger partial charge in [-0.05, 0) is 12.8 Å². The highest BCUT2D eigenvalue weighted by Gasteiger charge is 2.16. The van der Waals surface area contributed by atoms with Crippen LogP contribution >= 0.6 is 0 Å². The van der Waals surface area contributed by atoms with Crippen molar-refractivity contribution in [3.63, 3.8) is 0 Å². The molecule has 1 atom stereocenters. The first kappa shape index (κ1) is 7.32. The molecule has 0 aromatic rings. The molecule has 0 bridgehead atoms. The fourth-order valence-corrected chi connectivity index (χ4v) is 1.19. The van der Waals surface area contributed by atoms with Crippen LogP contribution in [0.15, 0.2) is 12.7 Å². The highest BCUT2D eigenvalue weighted by Crippen LogP contribution is 2.12. The molecule has 0 radical (unpaired) electrons. The molecular formula is C8H13NO. The maximum Gasteiger partial charge on any atom is 0.226 e. The van der Waals surface area contributed by atoms with Crippen LogP contribution in [0.5, 0.6) is 0 Å². The van der Waals surface area contributed by atoms with Crippen LogP contribution in [0.4, 0.5) is 0 Å². The Labute approximate surface area is 61.3 Å². The van der Waals surface area contributed by atoms with Gasteiger partial charge in [-0.3, -0.25) is 4.79 Å². The van der Waals surface area contributed by atoms with Crippen LogP contribution in [0.3, 0.4) is 0 Å². The predicted octanol–water partition coefficient (Wildman–Crippen LogP) is 1.09. The number of hydrogen-bond donors (Lipinski definition) is 1. The second kappa shape index (κ2) is 3.40. The largest absolute Gasteiger partial charge is 0.356 e. The zero-order valence-electron chi connectivity index (χ0n) is 6.10. The van der Waals surface area contributed by atoms with Crippen molar-refractivity contribution in [2.24, 2.45) is 5.92 Å². The quantitative estimate of drug-likeness (QED) is 0.541. The normalized spacial score (nSPS) is 26.8. The summed E-state index contributed by atoms with van der Waals surface area (Å²) in [4.78, 5) is 11.1. The lowest BCUT2D eigenvalue weighted by Crippen LogP contribution is -2.27. The molecule has 1 heterocycles. The standard InChI is InChI=1S/C8H13NO/c1-2-7-5-3-4-6-9-8(7)10/h2,7H,1,3-6H2,(H,9,10)/t7-/m0/s1. The van der Waals surface area contributed by atoms with E-state index in [1.54, 1.807) is 6.08 Å². The molecule has 0 aliphatic carbocycles. The van der Waals surface area contributed by atoms with E-state index >= 15 is 0 Å². The summed E-state index contributed by atoms with van der Waals surface area (Å²) in [5.41, 5.74) is 0. The number of hydrogen-bond acceptors (Lipinski definition) is 1. The third-order valence-electron chi connectivity index (χ3n) is 1.86. The first-order valence-corrected chi connectivity index (χ1v) is 3.75. The average molecular weight is 139 g/mol. The van der Waals surface area contributed by atoms with Gasteiger partial charge >= 0.3 is 0 Å². The van der Waals surface area contributed by atoms with Gasteiger partial charge in [-0.25, -0.2) is 0 Å². The van der Waals surface area contributed by atoms with Gasteiger partial charge in [0.2, 0.25) is 5.91 Å². The molecule has 1 amide bonds. The van der Waals surface area contributed by atoms with Gasteiger partial charge in [0.1, 0.15) is 0 Å². The molecule has 56 valence electrons. The maximum atomic E-state index is 11.1. The predicted molar refractivity (Wildman–Crippen MR) is 40.5 cm³/mol. The van der Waals surface area contributed by atoms with E-state index < -0.39 is 0 Å². The molecule has 0 unspecified atom stereocenters. The van der Waals surface area contributed by atoms with Crippen LogP contribution in [0.1, 0.15) is 19.3 Å². The summed E-state index contributed by atoms with van der Waals surface area (Å²) in [6, 6.07) is 0. The molecule has 0 aromatic carbocycles. The van der Waals surface area contributed by atoms with Crippen LogP contribution in [-0.2, 0) is 4.79 Å². The Morgan fingerprint density at radius 2 is 2.40 bits per heavy atom. The summed E-state index contributed by atoms with van der Waals surface area (Å²) in [5.74, 6) is 0.204. The molecule has 1 fully saturated rings. The van der Waals surface area contributed by atoms with Crippen molar-refractivity contribution in [2.45, 2.75) is 19.3 Å². The summed E-state index contributed by atoms with van der Waals surface area (Å²) in [6.07, 6.45) is 4.95.